The van der Waals surface area contributed by atoms with E-state index < -0.39 is 0 Å². The molecule has 32 heavy (non-hydrogen) atoms. The van der Waals surface area contributed by atoms with E-state index in [-0.39, 0.29) is 42.5 Å². The van der Waals surface area contributed by atoms with Gasteiger partial charge in [0.1, 0.15) is 17.7 Å². The van der Waals surface area contributed by atoms with Gasteiger partial charge in [0.2, 0.25) is 17.8 Å². The Bertz CT molecular complexity index is 1040. The Morgan fingerprint density at radius 1 is 1.22 bits per heavy atom. The lowest BCUT2D eigenvalue weighted by Gasteiger charge is -2.34. The molecule has 2 heterocycles. The second-order valence-corrected chi connectivity index (χ2v) is 8.43. The molecule has 0 radical (unpaired) electrons. The number of hydrogen-bond acceptors (Lipinski definition) is 6. The van der Waals surface area contributed by atoms with Crippen molar-refractivity contribution in [1.29, 1.82) is 0 Å². The van der Waals surface area contributed by atoms with E-state index in [9.17, 15) is 19.5 Å². The topological polar surface area (TPSA) is 114 Å². The van der Waals surface area contributed by atoms with Gasteiger partial charge < -0.3 is 14.7 Å². The molecule has 1 aromatic carbocycles. The third kappa shape index (κ3) is 4.77. The lowest BCUT2D eigenvalue weighted by atomic mass is 9.94. The number of aromatic nitrogens is 2. The Morgan fingerprint density at radius 2 is 2.03 bits per heavy atom. The molecular formula is C23H30N4O5. The fourth-order valence-corrected chi connectivity index (χ4v) is 4.62. The van der Waals surface area contributed by atoms with Crippen LogP contribution in [-0.2, 0) is 16.1 Å². The predicted octanol–water partition coefficient (Wildman–Crippen LogP) is 2.05. The van der Waals surface area contributed by atoms with Crippen molar-refractivity contribution in [2.45, 2.75) is 64.0 Å². The summed E-state index contributed by atoms with van der Waals surface area (Å²) in [4.78, 5) is 43.4. The number of hydrogen-bond donors (Lipinski definition) is 2. The Labute approximate surface area is 186 Å². The molecule has 4 rings (SSSR count). The van der Waals surface area contributed by atoms with Crippen molar-refractivity contribution in [3.05, 3.63) is 28.6 Å². The minimum Gasteiger partial charge on any atom is -0.493 e. The Hall–Kier alpha value is -2.94. The third-order valence-electron chi connectivity index (χ3n) is 6.22. The van der Waals surface area contributed by atoms with Gasteiger partial charge in [0.25, 0.3) is 5.56 Å². The lowest BCUT2D eigenvalue weighted by Crippen LogP contribution is -2.43. The van der Waals surface area contributed by atoms with E-state index in [1.807, 2.05) is 4.90 Å². The number of aliphatic hydroxyl groups excluding tert-OH is 1. The molecule has 0 saturated heterocycles. The van der Waals surface area contributed by atoms with Crippen LogP contribution in [0.3, 0.4) is 0 Å². The number of nitrogens with zero attached hydrogens (tertiary/aromatic N) is 3. The molecule has 2 N–H and O–H groups in total. The minimum absolute atomic E-state index is 0.0131. The van der Waals surface area contributed by atoms with Crippen molar-refractivity contribution in [2.75, 3.05) is 25.1 Å². The Balaban J connectivity index is 1.33. The van der Waals surface area contributed by atoms with E-state index in [0.29, 0.717) is 49.1 Å². The van der Waals surface area contributed by atoms with Crippen LogP contribution in [0.15, 0.2) is 23.0 Å². The summed E-state index contributed by atoms with van der Waals surface area (Å²) < 4.78 is 7.19. The SMILES string of the molecule is O=C1Cn2c(nc3cccc(OCCCCC(=O)N(CCO)C4CCCCC4)c3c2=O)N1. The fraction of sp³-hybridized carbons (Fsp3) is 0.565. The van der Waals surface area contributed by atoms with Crippen LogP contribution in [0.25, 0.3) is 10.9 Å². The van der Waals surface area contributed by atoms with Gasteiger partial charge in [0, 0.05) is 19.0 Å². The molecule has 1 aromatic heterocycles. The van der Waals surface area contributed by atoms with Gasteiger partial charge in [-0.15, -0.1) is 0 Å². The molecular weight excluding hydrogens is 412 g/mol. The molecule has 172 valence electrons. The van der Waals surface area contributed by atoms with Crippen molar-refractivity contribution in [3.63, 3.8) is 0 Å². The summed E-state index contributed by atoms with van der Waals surface area (Å²) in [5, 5.41) is 12.3. The van der Waals surface area contributed by atoms with Crippen molar-refractivity contribution >= 4 is 28.7 Å². The van der Waals surface area contributed by atoms with Gasteiger partial charge >= 0.3 is 0 Å². The monoisotopic (exact) mass is 442 g/mol. The summed E-state index contributed by atoms with van der Waals surface area (Å²) >= 11 is 0. The largest absolute Gasteiger partial charge is 0.493 e. The van der Waals surface area contributed by atoms with E-state index in [1.54, 1.807) is 18.2 Å². The first-order chi connectivity index (χ1) is 15.6. The highest BCUT2D eigenvalue weighted by atomic mass is 16.5. The first-order valence-electron chi connectivity index (χ1n) is 11.4. The van der Waals surface area contributed by atoms with E-state index in [1.165, 1.54) is 11.0 Å². The number of unbranched alkanes of at least 4 members (excludes halogenated alkanes) is 1. The van der Waals surface area contributed by atoms with Gasteiger partial charge in [-0.3, -0.25) is 24.3 Å². The first kappa shape index (κ1) is 22.3. The van der Waals surface area contributed by atoms with E-state index >= 15 is 0 Å². The van der Waals surface area contributed by atoms with Crippen LogP contribution in [0, 0.1) is 0 Å². The minimum atomic E-state index is -0.304. The molecule has 9 heteroatoms. The number of ether oxygens (including phenoxy) is 1. The summed E-state index contributed by atoms with van der Waals surface area (Å²) in [6.45, 7) is 0.711. The Kier molecular flexibility index (Phi) is 7.04. The van der Waals surface area contributed by atoms with Crippen LogP contribution < -0.4 is 15.6 Å². The fourth-order valence-electron chi connectivity index (χ4n) is 4.62. The smallest absolute Gasteiger partial charge is 0.267 e. The third-order valence-corrected chi connectivity index (χ3v) is 6.22. The molecule has 0 bridgehead atoms. The van der Waals surface area contributed by atoms with E-state index in [2.05, 4.69) is 10.3 Å². The molecule has 1 saturated carbocycles. The number of amides is 2. The summed E-state index contributed by atoms with van der Waals surface area (Å²) in [6.07, 6.45) is 7.29. The Morgan fingerprint density at radius 3 is 2.81 bits per heavy atom. The molecule has 2 aromatic rings. The van der Waals surface area contributed by atoms with Gasteiger partial charge in [-0.05, 0) is 37.8 Å². The maximum absolute atomic E-state index is 12.8. The molecule has 1 fully saturated rings. The van der Waals surface area contributed by atoms with Crippen LogP contribution in [0.2, 0.25) is 0 Å². The number of benzene rings is 1. The van der Waals surface area contributed by atoms with Gasteiger partial charge in [-0.25, -0.2) is 4.98 Å². The number of rotatable bonds is 9. The number of carbonyl (C=O) groups excluding carboxylic acids is 2. The number of nitrogens with one attached hydrogen (secondary N) is 1. The van der Waals surface area contributed by atoms with Gasteiger partial charge in [0.05, 0.1) is 18.7 Å². The zero-order chi connectivity index (χ0) is 22.5. The number of anilines is 1. The van der Waals surface area contributed by atoms with Crippen molar-refractivity contribution in [1.82, 2.24) is 14.5 Å². The highest BCUT2D eigenvalue weighted by Crippen LogP contribution is 2.25. The standard InChI is InChI=1S/C23H30N4O5/c28-13-12-26(16-7-2-1-3-8-16)20(30)11-4-5-14-32-18-10-6-9-17-21(18)22(31)27-15-19(29)25-23(27)24-17/h6,9-10,16,28H,1-5,7-8,11-15H2,(H,24,25,29). The summed E-state index contributed by atoms with van der Waals surface area (Å²) in [7, 11) is 0. The molecule has 2 amide bonds. The molecule has 0 spiro atoms. The van der Waals surface area contributed by atoms with E-state index in [0.717, 1.165) is 25.7 Å². The van der Waals surface area contributed by atoms with Crippen LogP contribution in [-0.4, -0.2) is 57.2 Å². The molecule has 1 aliphatic heterocycles. The van der Waals surface area contributed by atoms with Gasteiger partial charge in [-0.1, -0.05) is 25.3 Å². The highest BCUT2D eigenvalue weighted by Gasteiger charge is 2.25. The van der Waals surface area contributed by atoms with Crippen molar-refractivity contribution in [2.24, 2.45) is 0 Å². The molecule has 9 nitrogen and oxygen atoms in total. The molecule has 0 unspecified atom stereocenters. The first-order valence-corrected chi connectivity index (χ1v) is 11.4. The number of carbonyl (C=O) groups is 2. The average Bonchev–Trinajstić information content (AvgIpc) is 3.18. The number of fused-ring (bicyclic) bond motifs is 2. The zero-order valence-corrected chi connectivity index (χ0v) is 18.2. The van der Waals surface area contributed by atoms with Crippen LogP contribution in [0.4, 0.5) is 5.95 Å². The highest BCUT2D eigenvalue weighted by molar-refractivity contribution is 5.95. The maximum Gasteiger partial charge on any atom is 0.267 e. The molecule has 0 atom stereocenters. The number of aliphatic hydroxyl groups is 1. The quantitative estimate of drug-likeness (QED) is 0.575. The normalized spacial score (nSPS) is 16.1. The summed E-state index contributed by atoms with van der Waals surface area (Å²) in [5.41, 5.74) is 0.171. The van der Waals surface area contributed by atoms with Gasteiger partial charge in [0.15, 0.2) is 0 Å². The maximum atomic E-state index is 12.8. The lowest BCUT2D eigenvalue weighted by molar-refractivity contribution is -0.135. The summed E-state index contributed by atoms with van der Waals surface area (Å²) in [5.74, 6) is 0.519. The van der Waals surface area contributed by atoms with Crippen molar-refractivity contribution < 1.29 is 19.4 Å². The van der Waals surface area contributed by atoms with Crippen LogP contribution in [0.5, 0.6) is 5.75 Å². The predicted molar refractivity (Wildman–Crippen MR) is 120 cm³/mol. The molecule has 2 aliphatic rings. The second-order valence-electron chi connectivity index (χ2n) is 8.43. The van der Waals surface area contributed by atoms with Crippen LogP contribution >= 0.6 is 0 Å². The van der Waals surface area contributed by atoms with Gasteiger partial charge in [-0.2, -0.15) is 0 Å². The summed E-state index contributed by atoms with van der Waals surface area (Å²) in [6, 6.07) is 5.45. The second kappa shape index (κ2) is 10.1. The average molecular weight is 443 g/mol. The zero-order valence-electron chi connectivity index (χ0n) is 18.2. The van der Waals surface area contributed by atoms with E-state index in [4.69, 9.17) is 4.74 Å². The molecule has 1 aliphatic carbocycles. The van der Waals surface area contributed by atoms with Crippen molar-refractivity contribution in [3.8, 4) is 5.75 Å². The van der Waals surface area contributed by atoms with Crippen LogP contribution in [0.1, 0.15) is 51.4 Å².